The molecule has 1 aromatic carbocycles. The molecule has 0 radical (unpaired) electrons. The summed E-state index contributed by atoms with van der Waals surface area (Å²) in [6.45, 7) is 0.697. The Bertz CT molecular complexity index is 585. The third-order valence-corrected chi connectivity index (χ3v) is 4.55. The van der Waals surface area contributed by atoms with Gasteiger partial charge < -0.3 is 9.84 Å². The van der Waals surface area contributed by atoms with Gasteiger partial charge >= 0.3 is 0 Å². The van der Waals surface area contributed by atoms with Crippen molar-refractivity contribution in [2.75, 3.05) is 0 Å². The summed E-state index contributed by atoms with van der Waals surface area (Å²) >= 11 is 0. The van der Waals surface area contributed by atoms with Gasteiger partial charge in [0.1, 0.15) is 0 Å². The Morgan fingerprint density at radius 1 is 1.20 bits per heavy atom. The summed E-state index contributed by atoms with van der Waals surface area (Å²) in [5.74, 6) is 1.58. The lowest BCUT2D eigenvalue weighted by Gasteiger charge is -2.39. The van der Waals surface area contributed by atoms with E-state index in [2.05, 4.69) is 45.8 Å². The molecule has 2 saturated carbocycles. The summed E-state index contributed by atoms with van der Waals surface area (Å²) in [5, 5.41) is 7.68. The second kappa shape index (κ2) is 4.70. The van der Waals surface area contributed by atoms with Gasteiger partial charge in [-0.1, -0.05) is 41.9 Å². The van der Waals surface area contributed by atoms with Crippen molar-refractivity contribution in [3.8, 4) is 0 Å². The summed E-state index contributed by atoms with van der Waals surface area (Å²) in [6.07, 6.45) is 6.01. The molecule has 104 valence electrons. The van der Waals surface area contributed by atoms with Crippen molar-refractivity contribution in [3.05, 3.63) is 47.6 Å². The summed E-state index contributed by atoms with van der Waals surface area (Å²) in [5.41, 5.74) is 1.30. The first-order chi connectivity index (χ1) is 9.87. The fraction of sp³-hybridized carbons (Fsp3) is 0.500. The molecule has 0 spiro atoms. The minimum absolute atomic E-state index is 0.0113. The van der Waals surface area contributed by atoms with Crippen LogP contribution >= 0.6 is 0 Å². The normalized spacial score (nSPS) is 20.6. The fourth-order valence-corrected chi connectivity index (χ4v) is 2.97. The maximum Gasteiger partial charge on any atom is 0.240 e. The van der Waals surface area contributed by atoms with Crippen molar-refractivity contribution < 1.29 is 4.52 Å². The van der Waals surface area contributed by atoms with E-state index in [1.165, 1.54) is 24.8 Å². The average Bonchev–Trinajstić information content (AvgIpc) is 3.15. The smallest absolute Gasteiger partial charge is 0.240 e. The Morgan fingerprint density at radius 3 is 2.65 bits per heavy atom. The standard InChI is InChI=1S/C16H19N3O/c1-2-5-12(6-3-1)16(9-4-10-16)15-18-14(20-19-15)11-17-13-7-8-13/h1-3,5-6,13,17H,4,7-11H2. The van der Waals surface area contributed by atoms with Crippen LogP contribution < -0.4 is 5.32 Å². The molecule has 20 heavy (non-hydrogen) atoms. The number of nitrogens with one attached hydrogen (secondary N) is 1. The lowest BCUT2D eigenvalue weighted by molar-refractivity contribution is 0.270. The molecule has 0 aliphatic heterocycles. The third-order valence-electron chi connectivity index (χ3n) is 4.55. The summed E-state index contributed by atoms with van der Waals surface area (Å²) < 4.78 is 5.42. The molecule has 0 bridgehead atoms. The van der Waals surface area contributed by atoms with Crippen molar-refractivity contribution in [1.29, 1.82) is 0 Å². The van der Waals surface area contributed by atoms with Crippen molar-refractivity contribution >= 4 is 0 Å². The molecule has 0 unspecified atom stereocenters. The Hall–Kier alpha value is -1.68. The number of hydrogen-bond donors (Lipinski definition) is 1. The van der Waals surface area contributed by atoms with Crippen LogP contribution in [0.25, 0.3) is 0 Å². The van der Waals surface area contributed by atoms with Crippen LogP contribution in [0.15, 0.2) is 34.9 Å². The first-order valence-corrected chi connectivity index (χ1v) is 7.49. The quantitative estimate of drug-likeness (QED) is 0.906. The van der Waals surface area contributed by atoms with E-state index < -0.39 is 0 Å². The van der Waals surface area contributed by atoms with E-state index in [0.717, 1.165) is 18.7 Å². The second-order valence-corrected chi connectivity index (χ2v) is 5.97. The highest BCUT2D eigenvalue weighted by Gasteiger charge is 2.44. The summed E-state index contributed by atoms with van der Waals surface area (Å²) in [4.78, 5) is 4.64. The number of benzene rings is 1. The minimum atomic E-state index is -0.0113. The number of hydrogen-bond acceptors (Lipinski definition) is 4. The number of aromatic nitrogens is 2. The lowest BCUT2D eigenvalue weighted by atomic mass is 9.64. The molecule has 0 amide bonds. The topological polar surface area (TPSA) is 51.0 Å². The summed E-state index contributed by atoms with van der Waals surface area (Å²) in [7, 11) is 0. The molecule has 4 nitrogen and oxygen atoms in total. The van der Waals surface area contributed by atoms with E-state index in [1.807, 2.05) is 0 Å². The molecule has 1 heterocycles. The highest BCUT2D eigenvalue weighted by Crippen LogP contribution is 2.47. The molecule has 0 saturated heterocycles. The van der Waals surface area contributed by atoms with E-state index in [-0.39, 0.29) is 5.41 Å². The van der Waals surface area contributed by atoms with E-state index in [1.54, 1.807) is 0 Å². The maximum absolute atomic E-state index is 5.42. The van der Waals surface area contributed by atoms with Gasteiger partial charge in [0.2, 0.25) is 5.89 Å². The summed E-state index contributed by atoms with van der Waals surface area (Å²) in [6, 6.07) is 11.2. The van der Waals surface area contributed by atoms with Crippen LogP contribution in [-0.4, -0.2) is 16.2 Å². The molecule has 1 aromatic heterocycles. The predicted molar refractivity (Wildman–Crippen MR) is 75.2 cm³/mol. The monoisotopic (exact) mass is 269 g/mol. The first kappa shape index (κ1) is 12.1. The van der Waals surface area contributed by atoms with Crippen LogP contribution in [-0.2, 0) is 12.0 Å². The fourth-order valence-electron chi connectivity index (χ4n) is 2.97. The molecule has 0 atom stereocenters. The van der Waals surface area contributed by atoms with Gasteiger partial charge in [0.05, 0.1) is 12.0 Å². The van der Waals surface area contributed by atoms with Gasteiger partial charge in [-0.25, -0.2) is 0 Å². The molecule has 2 aliphatic rings. The van der Waals surface area contributed by atoms with Crippen molar-refractivity contribution in [2.45, 2.75) is 50.1 Å². The molecule has 4 heteroatoms. The van der Waals surface area contributed by atoms with Crippen LogP contribution in [0, 0.1) is 0 Å². The zero-order valence-corrected chi connectivity index (χ0v) is 11.5. The maximum atomic E-state index is 5.42. The molecule has 2 aliphatic carbocycles. The average molecular weight is 269 g/mol. The first-order valence-electron chi connectivity index (χ1n) is 7.49. The van der Waals surface area contributed by atoms with Crippen molar-refractivity contribution in [1.82, 2.24) is 15.5 Å². The number of nitrogens with zero attached hydrogens (tertiary/aromatic N) is 2. The molecule has 2 fully saturated rings. The Labute approximate surface area is 118 Å². The van der Waals surface area contributed by atoms with Crippen LogP contribution in [0.2, 0.25) is 0 Å². The van der Waals surface area contributed by atoms with Gasteiger partial charge in [0.25, 0.3) is 0 Å². The SMILES string of the molecule is c1ccc(C2(c3noc(CNC4CC4)n3)CCC2)cc1. The molecule has 1 N–H and O–H groups in total. The largest absolute Gasteiger partial charge is 0.338 e. The van der Waals surface area contributed by atoms with E-state index >= 15 is 0 Å². The Kier molecular flexibility index (Phi) is 2.84. The van der Waals surface area contributed by atoms with Crippen LogP contribution in [0.4, 0.5) is 0 Å². The zero-order chi connectivity index (χ0) is 13.4. The highest BCUT2D eigenvalue weighted by molar-refractivity contribution is 5.35. The van der Waals surface area contributed by atoms with Crippen molar-refractivity contribution in [3.63, 3.8) is 0 Å². The third kappa shape index (κ3) is 2.04. The van der Waals surface area contributed by atoms with Gasteiger partial charge in [-0.15, -0.1) is 0 Å². The van der Waals surface area contributed by atoms with E-state index in [4.69, 9.17) is 4.52 Å². The minimum Gasteiger partial charge on any atom is -0.338 e. The van der Waals surface area contributed by atoms with Crippen LogP contribution in [0.5, 0.6) is 0 Å². The molecular weight excluding hydrogens is 250 g/mol. The molecule has 4 rings (SSSR count). The van der Waals surface area contributed by atoms with Crippen LogP contribution in [0.1, 0.15) is 49.4 Å². The second-order valence-electron chi connectivity index (χ2n) is 5.97. The molecular formula is C16H19N3O. The van der Waals surface area contributed by atoms with Gasteiger partial charge in [-0.05, 0) is 31.2 Å². The molecule has 2 aromatic rings. The van der Waals surface area contributed by atoms with E-state index in [0.29, 0.717) is 18.5 Å². The van der Waals surface area contributed by atoms with Gasteiger partial charge in [0.15, 0.2) is 5.82 Å². The van der Waals surface area contributed by atoms with Gasteiger partial charge in [-0.2, -0.15) is 4.98 Å². The highest BCUT2D eigenvalue weighted by atomic mass is 16.5. The Morgan fingerprint density at radius 2 is 2.00 bits per heavy atom. The predicted octanol–water partition coefficient (Wildman–Crippen LogP) is 2.79. The van der Waals surface area contributed by atoms with Crippen molar-refractivity contribution in [2.24, 2.45) is 0 Å². The van der Waals surface area contributed by atoms with Crippen LogP contribution in [0.3, 0.4) is 0 Å². The zero-order valence-electron chi connectivity index (χ0n) is 11.5. The lowest BCUT2D eigenvalue weighted by Crippen LogP contribution is -2.36. The van der Waals surface area contributed by atoms with Gasteiger partial charge in [0, 0.05) is 6.04 Å². The Balaban J connectivity index is 1.58. The van der Waals surface area contributed by atoms with E-state index in [9.17, 15) is 0 Å². The number of rotatable bonds is 5. The van der Waals surface area contributed by atoms with Gasteiger partial charge in [-0.3, -0.25) is 0 Å².